The third kappa shape index (κ3) is 7.01. The van der Waals surface area contributed by atoms with Gasteiger partial charge in [0, 0.05) is 32.8 Å². The summed E-state index contributed by atoms with van der Waals surface area (Å²) in [6.45, 7) is 1.08. The molecular formula is C19H21F3N4O5. The van der Waals surface area contributed by atoms with Crippen molar-refractivity contribution in [2.75, 3.05) is 6.54 Å². The monoisotopic (exact) mass is 442 g/mol. The van der Waals surface area contributed by atoms with Crippen LogP contribution in [0.5, 0.6) is 0 Å². The summed E-state index contributed by atoms with van der Waals surface area (Å²) in [5.74, 6) is -3.82. The molecular weight excluding hydrogens is 421 g/mol. The Kier molecular flexibility index (Phi) is 7.61. The van der Waals surface area contributed by atoms with Crippen LogP contribution in [0.25, 0.3) is 0 Å². The van der Waals surface area contributed by atoms with Crippen LogP contribution in [0.2, 0.25) is 0 Å². The average Bonchev–Trinajstić information content (AvgIpc) is 3.11. The third-order valence-electron chi connectivity index (χ3n) is 4.43. The highest BCUT2D eigenvalue weighted by Crippen LogP contribution is 2.18. The van der Waals surface area contributed by atoms with Crippen LogP contribution >= 0.6 is 0 Å². The van der Waals surface area contributed by atoms with E-state index in [9.17, 15) is 27.9 Å². The molecule has 2 amide bonds. The predicted molar refractivity (Wildman–Crippen MR) is 101 cm³/mol. The lowest BCUT2D eigenvalue weighted by molar-refractivity contribution is -0.192. The van der Waals surface area contributed by atoms with Gasteiger partial charge in [-0.3, -0.25) is 0 Å². The number of urea groups is 1. The number of carboxylic acid groups (broad SMARTS) is 2. The van der Waals surface area contributed by atoms with Crippen molar-refractivity contribution in [1.29, 1.82) is 0 Å². The zero-order chi connectivity index (χ0) is 23.2. The number of aromatic nitrogens is 2. The zero-order valence-electron chi connectivity index (χ0n) is 16.5. The zero-order valence-corrected chi connectivity index (χ0v) is 16.5. The average molecular weight is 442 g/mol. The maximum atomic E-state index is 12.4. The highest BCUT2D eigenvalue weighted by molar-refractivity contribution is 5.83. The minimum absolute atomic E-state index is 0.159. The highest BCUT2D eigenvalue weighted by atomic mass is 19.4. The molecule has 2 heterocycles. The van der Waals surface area contributed by atoms with Crippen LogP contribution in [-0.4, -0.2) is 61.4 Å². The van der Waals surface area contributed by atoms with E-state index in [1.165, 1.54) is 5.56 Å². The van der Waals surface area contributed by atoms with E-state index in [1.807, 2.05) is 25.2 Å². The number of carbonyl (C=O) groups is 3. The van der Waals surface area contributed by atoms with E-state index in [0.29, 0.717) is 18.8 Å². The van der Waals surface area contributed by atoms with E-state index in [1.54, 1.807) is 22.0 Å². The van der Waals surface area contributed by atoms with E-state index in [-0.39, 0.29) is 12.5 Å². The lowest BCUT2D eigenvalue weighted by Crippen LogP contribution is -2.50. The number of benzene rings is 1. The van der Waals surface area contributed by atoms with E-state index in [4.69, 9.17) is 9.90 Å². The van der Waals surface area contributed by atoms with Crippen molar-refractivity contribution in [1.82, 2.24) is 19.8 Å². The summed E-state index contributed by atoms with van der Waals surface area (Å²) in [6, 6.07) is 6.64. The molecule has 9 nitrogen and oxygen atoms in total. The molecule has 2 aromatic rings. The second kappa shape index (κ2) is 9.96. The van der Waals surface area contributed by atoms with Crippen molar-refractivity contribution in [3.8, 4) is 0 Å². The molecule has 31 heavy (non-hydrogen) atoms. The molecule has 3 N–H and O–H groups in total. The Morgan fingerprint density at radius 2 is 1.81 bits per heavy atom. The molecule has 0 fully saturated rings. The van der Waals surface area contributed by atoms with Gasteiger partial charge in [0.05, 0.1) is 12.0 Å². The van der Waals surface area contributed by atoms with Gasteiger partial charge in [-0.15, -0.1) is 0 Å². The fraction of sp³-hybridized carbons (Fsp3) is 0.368. The lowest BCUT2D eigenvalue weighted by Gasteiger charge is -2.30. The molecule has 1 aromatic heterocycles. The molecule has 0 spiro atoms. The maximum Gasteiger partial charge on any atom is 0.490 e. The number of halogens is 3. The van der Waals surface area contributed by atoms with Crippen LogP contribution in [0.15, 0.2) is 36.8 Å². The molecule has 0 aliphatic carbocycles. The number of nitrogens with zero attached hydrogens (tertiary/aromatic N) is 3. The Labute approximate surface area is 175 Å². The summed E-state index contributed by atoms with van der Waals surface area (Å²) in [6.07, 6.45) is -0.787. The predicted octanol–water partition coefficient (Wildman–Crippen LogP) is 1.82. The Morgan fingerprint density at radius 1 is 1.19 bits per heavy atom. The van der Waals surface area contributed by atoms with Crippen molar-refractivity contribution in [3.63, 3.8) is 0 Å². The molecule has 0 saturated heterocycles. The Balaban J connectivity index is 0.000000423. The van der Waals surface area contributed by atoms with Crippen LogP contribution in [-0.2, 0) is 36.0 Å². The molecule has 0 unspecified atom stereocenters. The van der Waals surface area contributed by atoms with Crippen LogP contribution in [0, 0.1) is 0 Å². The summed E-state index contributed by atoms with van der Waals surface area (Å²) in [5, 5.41) is 19.1. The smallest absolute Gasteiger partial charge is 0.480 e. The number of hydrogen-bond acceptors (Lipinski definition) is 4. The van der Waals surface area contributed by atoms with Crippen LogP contribution < -0.4 is 5.32 Å². The van der Waals surface area contributed by atoms with Gasteiger partial charge in [0.1, 0.15) is 6.04 Å². The number of aryl methyl sites for hydroxylation is 1. The number of rotatable bonds is 4. The number of alkyl halides is 3. The van der Waals surface area contributed by atoms with E-state index >= 15 is 0 Å². The fourth-order valence-corrected chi connectivity index (χ4v) is 2.89. The fourth-order valence-electron chi connectivity index (χ4n) is 2.89. The van der Waals surface area contributed by atoms with Gasteiger partial charge in [0.15, 0.2) is 0 Å². The number of amides is 2. The molecule has 1 aliphatic rings. The first kappa shape index (κ1) is 23.7. The van der Waals surface area contributed by atoms with Gasteiger partial charge in [-0.25, -0.2) is 19.4 Å². The summed E-state index contributed by atoms with van der Waals surface area (Å²) >= 11 is 0. The second-order valence-corrected chi connectivity index (χ2v) is 6.82. The van der Waals surface area contributed by atoms with E-state index in [2.05, 4.69) is 16.4 Å². The number of fused-ring (bicyclic) bond motifs is 1. The Hall–Kier alpha value is -3.57. The first-order valence-corrected chi connectivity index (χ1v) is 9.09. The van der Waals surface area contributed by atoms with Gasteiger partial charge >= 0.3 is 24.1 Å². The molecule has 3 rings (SSSR count). The SMILES string of the molecule is Cn1cnc(C[C@@H](NC(=O)N2CCc3ccccc3C2)C(=O)O)c1.O=C(O)C(F)(F)F. The Morgan fingerprint density at radius 3 is 2.32 bits per heavy atom. The lowest BCUT2D eigenvalue weighted by atomic mass is 10.0. The molecule has 1 aromatic carbocycles. The summed E-state index contributed by atoms with van der Waals surface area (Å²) in [4.78, 5) is 38.6. The van der Waals surface area contributed by atoms with Crippen LogP contribution in [0.4, 0.5) is 18.0 Å². The first-order chi connectivity index (χ1) is 14.5. The van der Waals surface area contributed by atoms with Crippen molar-refractivity contribution < 1.29 is 37.8 Å². The summed E-state index contributed by atoms with van der Waals surface area (Å²) < 4.78 is 33.5. The summed E-state index contributed by atoms with van der Waals surface area (Å²) in [5.41, 5.74) is 2.98. The highest BCUT2D eigenvalue weighted by Gasteiger charge is 2.38. The minimum atomic E-state index is -5.08. The minimum Gasteiger partial charge on any atom is -0.480 e. The maximum absolute atomic E-state index is 12.4. The topological polar surface area (TPSA) is 125 Å². The molecule has 1 atom stereocenters. The standard InChI is InChI=1S/C17H20N4O3.C2HF3O2/c1-20-10-14(18-11-20)8-15(16(22)23)19-17(24)21-7-6-12-4-2-3-5-13(12)9-21;3-2(4,5)1(6)7/h2-5,10-11,15H,6-9H2,1H3,(H,19,24)(H,22,23);(H,6,7)/t15-;/m1./s1. The van der Waals surface area contributed by atoms with Crippen molar-refractivity contribution in [2.45, 2.75) is 31.6 Å². The number of carboxylic acids is 2. The van der Waals surface area contributed by atoms with Gasteiger partial charge in [0.25, 0.3) is 0 Å². The van der Waals surface area contributed by atoms with Crippen molar-refractivity contribution in [3.05, 3.63) is 53.6 Å². The van der Waals surface area contributed by atoms with E-state index < -0.39 is 24.2 Å². The largest absolute Gasteiger partial charge is 0.490 e. The number of imidazole rings is 1. The molecule has 0 radical (unpaired) electrons. The van der Waals surface area contributed by atoms with E-state index in [0.717, 1.165) is 12.0 Å². The van der Waals surface area contributed by atoms with Crippen LogP contribution in [0.1, 0.15) is 16.8 Å². The number of nitrogens with one attached hydrogen (secondary N) is 1. The quantitative estimate of drug-likeness (QED) is 0.664. The van der Waals surface area contributed by atoms with Gasteiger partial charge < -0.3 is 25.0 Å². The molecule has 0 saturated carbocycles. The van der Waals surface area contributed by atoms with Crippen molar-refractivity contribution in [2.24, 2.45) is 7.05 Å². The van der Waals surface area contributed by atoms with Gasteiger partial charge in [0.2, 0.25) is 0 Å². The van der Waals surface area contributed by atoms with Gasteiger partial charge in [-0.05, 0) is 17.5 Å². The Bertz CT molecular complexity index is 945. The molecule has 168 valence electrons. The van der Waals surface area contributed by atoms with Crippen LogP contribution in [0.3, 0.4) is 0 Å². The van der Waals surface area contributed by atoms with Gasteiger partial charge in [-0.2, -0.15) is 13.2 Å². The number of hydrogen-bond donors (Lipinski definition) is 3. The normalized spacial score (nSPS) is 14.0. The third-order valence-corrected chi connectivity index (χ3v) is 4.43. The van der Waals surface area contributed by atoms with Gasteiger partial charge in [-0.1, -0.05) is 24.3 Å². The first-order valence-electron chi connectivity index (χ1n) is 9.09. The number of carbonyl (C=O) groups excluding carboxylic acids is 1. The molecule has 0 bridgehead atoms. The second-order valence-electron chi connectivity index (χ2n) is 6.82. The van der Waals surface area contributed by atoms with Crippen molar-refractivity contribution >= 4 is 18.0 Å². The molecule has 12 heteroatoms. The summed E-state index contributed by atoms with van der Waals surface area (Å²) in [7, 11) is 1.82. The molecule has 1 aliphatic heterocycles. The number of aliphatic carboxylic acids is 2.